The molecule has 2 N–H and O–H groups in total. The summed E-state index contributed by atoms with van der Waals surface area (Å²) in [5.74, 6) is -3.24. The Bertz CT molecular complexity index is 533. The molecule has 0 aliphatic carbocycles. The maximum Gasteiger partial charge on any atom is 0.337 e. The average Bonchev–Trinajstić information content (AvgIpc) is 2.18. The third-order valence-corrected chi connectivity index (χ3v) is 2.65. The highest BCUT2D eigenvalue weighted by atomic mass is 35.5. The Morgan fingerprint density at radius 2 is 1.65 bits per heavy atom. The Kier molecular flexibility index (Phi) is 3.53. The van der Waals surface area contributed by atoms with Gasteiger partial charge in [-0.3, -0.25) is 4.79 Å². The van der Waals surface area contributed by atoms with Gasteiger partial charge in [-0.25, -0.2) is 9.59 Å². The number of carbonyl (C=O) groups is 3. The molecule has 1 rings (SSSR count). The van der Waals surface area contributed by atoms with E-state index in [9.17, 15) is 14.4 Å². The highest BCUT2D eigenvalue weighted by molar-refractivity contribution is 6.37. The van der Waals surface area contributed by atoms with Gasteiger partial charge < -0.3 is 10.2 Å². The standard InChI is InChI=1S/C11H9ClO5/c1-4-3-6(10(14)15)9(12)8(11(16)17)7(4)5(2)13/h3H,1-2H3,(H,14,15)(H,16,17). The smallest absolute Gasteiger partial charge is 0.337 e. The fourth-order valence-corrected chi connectivity index (χ4v) is 1.91. The van der Waals surface area contributed by atoms with Crippen LogP contribution in [0.25, 0.3) is 0 Å². The van der Waals surface area contributed by atoms with Crippen LogP contribution in [0.3, 0.4) is 0 Å². The summed E-state index contributed by atoms with van der Waals surface area (Å²) < 4.78 is 0. The number of ketones is 1. The highest BCUT2D eigenvalue weighted by Gasteiger charge is 2.25. The lowest BCUT2D eigenvalue weighted by Gasteiger charge is -2.11. The molecule has 6 heteroatoms. The predicted octanol–water partition coefficient (Wildman–Crippen LogP) is 2.25. The van der Waals surface area contributed by atoms with Gasteiger partial charge in [0.05, 0.1) is 16.1 Å². The maximum absolute atomic E-state index is 11.4. The molecule has 0 fully saturated rings. The van der Waals surface area contributed by atoms with Gasteiger partial charge >= 0.3 is 11.9 Å². The predicted molar refractivity (Wildman–Crippen MR) is 60.1 cm³/mol. The zero-order chi connectivity index (χ0) is 13.3. The minimum absolute atomic E-state index is 0.0625. The van der Waals surface area contributed by atoms with Crippen LogP contribution in [-0.2, 0) is 0 Å². The first-order valence-electron chi connectivity index (χ1n) is 4.58. The largest absolute Gasteiger partial charge is 0.478 e. The third-order valence-electron chi connectivity index (χ3n) is 2.26. The molecule has 0 saturated carbocycles. The Balaban J connectivity index is 3.78. The Morgan fingerprint density at radius 1 is 1.12 bits per heavy atom. The lowest BCUT2D eigenvalue weighted by Crippen LogP contribution is -2.13. The van der Waals surface area contributed by atoms with Crippen LogP contribution in [0.2, 0.25) is 5.02 Å². The summed E-state index contributed by atoms with van der Waals surface area (Å²) in [6.45, 7) is 2.66. The molecule has 0 atom stereocenters. The van der Waals surface area contributed by atoms with Crippen molar-refractivity contribution in [3.8, 4) is 0 Å². The summed E-state index contributed by atoms with van der Waals surface area (Å²) in [5, 5.41) is 17.4. The van der Waals surface area contributed by atoms with Crippen molar-refractivity contribution < 1.29 is 24.6 Å². The van der Waals surface area contributed by atoms with Gasteiger partial charge in [-0.05, 0) is 25.5 Å². The SMILES string of the molecule is CC(=O)c1c(C)cc(C(=O)O)c(Cl)c1C(=O)O. The van der Waals surface area contributed by atoms with Crippen molar-refractivity contribution in [2.45, 2.75) is 13.8 Å². The van der Waals surface area contributed by atoms with Crippen LogP contribution in [0.5, 0.6) is 0 Å². The number of aryl methyl sites for hydroxylation is 1. The van der Waals surface area contributed by atoms with Gasteiger partial charge in [-0.15, -0.1) is 0 Å². The fourth-order valence-electron chi connectivity index (χ4n) is 1.60. The monoisotopic (exact) mass is 256 g/mol. The molecular formula is C11H9ClO5. The topological polar surface area (TPSA) is 91.7 Å². The van der Waals surface area contributed by atoms with E-state index in [1.165, 1.54) is 19.9 Å². The van der Waals surface area contributed by atoms with Crippen molar-refractivity contribution in [3.05, 3.63) is 33.3 Å². The number of Topliss-reactive ketones (excluding diaryl/α,β-unsaturated/α-hetero) is 1. The molecule has 0 heterocycles. The Hall–Kier alpha value is -1.88. The van der Waals surface area contributed by atoms with Crippen LogP contribution >= 0.6 is 11.6 Å². The number of aromatic carboxylic acids is 2. The molecule has 0 spiro atoms. The minimum atomic E-state index is -1.42. The van der Waals surface area contributed by atoms with Gasteiger partial charge in [0.2, 0.25) is 0 Å². The molecule has 17 heavy (non-hydrogen) atoms. The molecular weight excluding hydrogens is 248 g/mol. The Morgan fingerprint density at radius 3 is 2.00 bits per heavy atom. The van der Waals surface area contributed by atoms with E-state index in [4.69, 9.17) is 21.8 Å². The molecule has 0 aliphatic rings. The molecule has 1 aromatic rings. The van der Waals surface area contributed by atoms with Crippen molar-refractivity contribution >= 4 is 29.3 Å². The number of hydrogen-bond acceptors (Lipinski definition) is 3. The zero-order valence-corrected chi connectivity index (χ0v) is 9.83. The number of benzene rings is 1. The van der Waals surface area contributed by atoms with Crippen LogP contribution < -0.4 is 0 Å². The first-order chi connectivity index (χ1) is 7.77. The maximum atomic E-state index is 11.4. The van der Waals surface area contributed by atoms with E-state index < -0.39 is 28.3 Å². The van der Waals surface area contributed by atoms with Gasteiger partial charge in [-0.1, -0.05) is 11.6 Å². The van der Waals surface area contributed by atoms with E-state index in [0.717, 1.165) is 0 Å². The minimum Gasteiger partial charge on any atom is -0.478 e. The lowest BCUT2D eigenvalue weighted by atomic mass is 9.95. The van der Waals surface area contributed by atoms with Crippen LogP contribution in [0.15, 0.2) is 6.07 Å². The van der Waals surface area contributed by atoms with E-state index in [1.807, 2.05) is 0 Å². The summed E-state index contributed by atoms with van der Waals surface area (Å²) >= 11 is 5.71. The molecule has 0 aromatic heterocycles. The van der Waals surface area contributed by atoms with E-state index in [1.54, 1.807) is 0 Å². The third kappa shape index (κ3) is 2.29. The molecule has 0 bridgehead atoms. The summed E-state index contributed by atoms with van der Waals surface area (Å²) in [7, 11) is 0. The van der Waals surface area contributed by atoms with Crippen molar-refractivity contribution in [3.63, 3.8) is 0 Å². The van der Waals surface area contributed by atoms with Crippen LogP contribution in [0, 0.1) is 6.92 Å². The van der Waals surface area contributed by atoms with E-state index in [2.05, 4.69) is 0 Å². The second kappa shape index (κ2) is 4.55. The van der Waals surface area contributed by atoms with E-state index in [0.29, 0.717) is 0 Å². The first-order valence-corrected chi connectivity index (χ1v) is 4.95. The van der Waals surface area contributed by atoms with Crippen molar-refractivity contribution in [1.29, 1.82) is 0 Å². The zero-order valence-electron chi connectivity index (χ0n) is 9.07. The van der Waals surface area contributed by atoms with Crippen molar-refractivity contribution in [2.75, 3.05) is 0 Å². The Labute approximate surface area is 102 Å². The second-order valence-electron chi connectivity index (χ2n) is 3.47. The average molecular weight is 257 g/mol. The summed E-state index contributed by atoms with van der Waals surface area (Å²) in [4.78, 5) is 33.3. The lowest BCUT2D eigenvalue weighted by molar-refractivity contribution is 0.0692. The first kappa shape index (κ1) is 13.2. The number of carboxylic acid groups (broad SMARTS) is 2. The van der Waals surface area contributed by atoms with E-state index in [-0.39, 0.29) is 16.7 Å². The van der Waals surface area contributed by atoms with Gasteiger partial charge in [0.25, 0.3) is 0 Å². The van der Waals surface area contributed by atoms with Crippen molar-refractivity contribution in [2.24, 2.45) is 0 Å². The fraction of sp³-hybridized carbons (Fsp3) is 0.182. The molecule has 0 saturated heterocycles. The molecule has 0 amide bonds. The number of rotatable bonds is 3. The number of halogens is 1. The van der Waals surface area contributed by atoms with E-state index >= 15 is 0 Å². The van der Waals surface area contributed by atoms with Gasteiger partial charge in [0.15, 0.2) is 5.78 Å². The van der Waals surface area contributed by atoms with Gasteiger partial charge in [0.1, 0.15) is 0 Å². The quantitative estimate of drug-likeness (QED) is 0.809. The van der Waals surface area contributed by atoms with Crippen LogP contribution in [0.1, 0.15) is 43.6 Å². The summed E-state index contributed by atoms with van der Waals surface area (Å²) in [6.07, 6.45) is 0. The van der Waals surface area contributed by atoms with Crippen LogP contribution in [0.4, 0.5) is 0 Å². The van der Waals surface area contributed by atoms with Gasteiger partial charge in [-0.2, -0.15) is 0 Å². The second-order valence-corrected chi connectivity index (χ2v) is 3.85. The highest BCUT2D eigenvalue weighted by Crippen LogP contribution is 2.28. The number of carbonyl (C=O) groups excluding carboxylic acids is 1. The summed E-state index contributed by atoms with van der Waals surface area (Å²) in [6, 6.07) is 1.19. The summed E-state index contributed by atoms with van der Waals surface area (Å²) in [5.41, 5.74) is -0.577. The molecule has 5 nitrogen and oxygen atoms in total. The number of hydrogen-bond donors (Lipinski definition) is 2. The van der Waals surface area contributed by atoms with Crippen molar-refractivity contribution in [1.82, 2.24) is 0 Å². The van der Waals surface area contributed by atoms with Gasteiger partial charge in [0, 0.05) is 5.56 Å². The molecule has 0 aliphatic heterocycles. The molecule has 1 aromatic carbocycles. The van der Waals surface area contributed by atoms with Crippen LogP contribution in [-0.4, -0.2) is 27.9 Å². The normalized spacial score (nSPS) is 10.1. The molecule has 0 unspecified atom stereocenters. The number of carboxylic acids is 2. The molecule has 0 radical (unpaired) electrons. The molecule has 90 valence electrons.